The lowest BCUT2D eigenvalue weighted by Crippen LogP contribution is -2.57. The molecule has 1 aliphatic carbocycles. The topological polar surface area (TPSA) is 140 Å². The van der Waals surface area contributed by atoms with E-state index in [0.717, 1.165) is 6.42 Å². The first kappa shape index (κ1) is 13.8. The van der Waals surface area contributed by atoms with Crippen LogP contribution in [-0.2, 0) is 4.74 Å². The van der Waals surface area contributed by atoms with E-state index in [2.05, 4.69) is 15.0 Å². The molecule has 1 saturated heterocycles. The highest BCUT2D eigenvalue weighted by atomic mass is 16.6. The van der Waals surface area contributed by atoms with Crippen molar-refractivity contribution in [2.75, 3.05) is 12.3 Å². The quantitative estimate of drug-likeness (QED) is 0.542. The molecule has 0 radical (unpaired) electrons. The number of anilines is 1. The highest BCUT2D eigenvalue weighted by Crippen LogP contribution is 2.52. The molecule has 1 saturated carbocycles. The van der Waals surface area contributed by atoms with Crippen molar-refractivity contribution in [2.45, 2.75) is 36.9 Å². The van der Waals surface area contributed by atoms with Crippen molar-refractivity contribution in [2.24, 2.45) is 5.92 Å². The Labute approximate surface area is 125 Å². The second-order valence-electron chi connectivity index (χ2n) is 5.90. The summed E-state index contributed by atoms with van der Waals surface area (Å²) in [5.41, 5.74) is 5.69. The number of hydrogen-bond acceptors (Lipinski definition) is 8. The van der Waals surface area contributed by atoms with Crippen molar-refractivity contribution in [3.8, 4) is 0 Å². The van der Waals surface area contributed by atoms with Gasteiger partial charge in [-0.3, -0.25) is 4.57 Å². The second kappa shape index (κ2) is 4.59. The Bertz CT molecular complexity index is 720. The predicted octanol–water partition coefficient (Wildman–Crippen LogP) is -1.20. The molecule has 22 heavy (non-hydrogen) atoms. The average Bonchev–Trinajstić information content (AvgIpc) is 3.02. The Balaban J connectivity index is 1.75. The minimum Gasteiger partial charge on any atom is -0.396 e. The molecule has 0 bridgehead atoms. The van der Waals surface area contributed by atoms with E-state index in [1.807, 2.05) is 0 Å². The van der Waals surface area contributed by atoms with Crippen molar-refractivity contribution in [1.82, 2.24) is 19.5 Å². The zero-order chi connectivity index (χ0) is 15.5. The van der Waals surface area contributed by atoms with E-state index in [4.69, 9.17) is 10.5 Å². The van der Waals surface area contributed by atoms with Gasteiger partial charge in [-0.2, -0.15) is 0 Å². The van der Waals surface area contributed by atoms with Crippen LogP contribution >= 0.6 is 0 Å². The van der Waals surface area contributed by atoms with Gasteiger partial charge in [-0.05, 0) is 12.8 Å². The maximum absolute atomic E-state index is 10.4. The van der Waals surface area contributed by atoms with Crippen molar-refractivity contribution < 1.29 is 20.1 Å². The van der Waals surface area contributed by atoms with E-state index >= 15 is 0 Å². The fourth-order valence-electron chi connectivity index (χ4n) is 3.51. The van der Waals surface area contributed by atoms with Crippen LogP contribution in [0.25, 0.3) is 11.2 Å². The number of nitrogen functional groups attached to an aromatic ring is 1. The molecule has 0 aromatic carbocycles. The third kappa shape index (κ3) is 1.59. The Kier molecular flexibility index (Phi) is 2.89. The van der Waals surface area contributed by atoms with Crippen LogP contribution in [0.1, 0.15) is 19.1 Å². The lowest BCUT2D eigenvalue weighted by Gasteiger charge is -2.47. The smallest absolute Gasteiger partial charge is 0.167 e. The molecule has 2 aliphatic rings. The van der Waals surface area contributed by atoms with Crippen LogP contribution in [0.15, 0.2) is 12.7 Å². The van der Waals surface area contributed by atoms with Crippen LogP contribution in [0.5, 0.6) is 0 Å². The lowest BCUT2D eigenvalue weighted by atomic mass is 9.66. The third-order valence-corrected chi connectivity index (χ3v) is 4.91. The Morgan fingerprint density at radius 1 is 1.36 bits per heavy atom. The first-order valence-corrected chi connectivity index (χ1v) is 7.16. The summed E-state index contributed by atoms with van der Waals surface area (Å²) in [4.78, 5) is 12.1. The fourth-order valence-corrected chi connectivity index (χ4v) is 3.51. The van der Waals surface area contributed by atoms with E-state index in [1.54, 1.807) is 4.57 Å². The third-order valence-electron chi connectivity index (χ3n) is 4.91. The number of hydrogen-bond donors (Lipinski definition) is 4. The molecule has 4 rings (SSSR count). The number of nitrogens with two attached hydrogens (primary N) is 1. The molecule has 0 amide bonds. The Morgan fingerprint density at radius 3 is 2.86 bits per heavy atom. The summed E-state index contributed by atoms with van der Waals surface area (Å²) in [7, 11) is 0. The number of ether oxygens (including phenoxy) is 1. The summed E-state index contributed by atoms with van der Waals surface area (Å²) in [5, 5.41) is 30.2. The molecule has 1 unspecified atom stereocenters. The Morgan fingerprint density at radius 2 is 2.18 bits per heavy atom. The van der Waals surface area contributed by atoms with Crippen LogP contribution in [0, 0.1) is 5.92 Å². The Hall–Kier alpha value is -1.81. The number of aliphatic hydroxyl groups excluding tert-OH is 3. The van der Waals surface area contributed by atoms with Gasteiger partial charge in [0.05, 0.1) is 6.33 Å². The molecule has 2 aromatic rings. The standard InChI is InChI=1S/C13H17N5O4/c14-10-7-11(16-4-15-10)18(5-17-7)12-8(20)9(21)13(22-12)2-1-6(13)3-19/h4-6,8-9,12,19-21H,1-3H2,(H2,14,15,16)/t6-,8?,9+,12+,13+/m0/s1. The minimum absolute atomic E-state index is 0.0870. The maximum Gasteiger partial charge on any atom is 0.167 e. The highest BCUT2D eigenvalue weighted by molar-refractivity contribution is 5.81. The average molecular weight is 307 g/mol. The first-order chi connectivity index (χ1) is 10.6. The van der Waals surface area contributed by atoms with Gasteiger partial charge in [0, 0.05) is 12.5 Å². The van der Waals surface area contributed by atoms with Gasteiger partial charge in [-0.15, -0.1) is 0 Å². The summed E-state index contributed by atoms with van der Waals surface area (Å²) in [6.45, 7) is -0.0870. The largest absolute Gasteiger partial charge is 0.396 e. The molecule has 9 nitrogen and oxygen atoms in total. The number of rotatable bonds is 2. The number of aromatic nitrogens is 4. The lowest BCUT2D eigenvalue weighted by molar-refractivity contribution is -0.194. The highest BCUT2D eigenvalue weighted by Gasteiger charge is 2.62. The molecule has 9 heteroatoms. The van der Waals surface area contributed by atoms with Gasteiger partial charge < -0.3 is 25.8 Å². The molecule has 2 aromatic heterocycles. The van der Waals surface area contributed by atoms with Crippen LogP contribution in [0.3, 0.4) is 0 Å². The van der Waals surface area contributed by atoms with Crippen LogP contribution in [0.4, 0.5) is 5.82 Å². The molecular formula is C13H17N5O4. The summed E-state index contributed by atoms with van der Waals surface area (Å²) in [6, 6.07) is 0. The van der Waals surface area contributed by atoms with E-state index in [1.165, 1.54) is 12.7 Å². The molecule has 118 valence electrons. The summed E-state index contributed by atoms with van der Waals surface area (Å²) in [6.07, 6.45) is 1.08. The number of imidazole rings is 1. The number of nitrogens with zero attached hydrogens (tertiary/aromatic N) is 4. The summed E-state index contributed by atoms with van der Waals surface area (Å²) >= 11 is 0. The molecule has 3 heterocycles. The SMILES string of the molecule is Nc1ncnc2c1ncn2[C@@H]1O[C@@]2(CC[C@H]2CO)[C@H](O)C1O. The van der Waals surface area contributed by atoms with E-state index in [9.17, 15) is 15.3 Å². The molecule has 2 fully saturated rings. The van der Waals surface area contributed by atoms with Gasteiger partial charge in [0.2, 0.25) is 0 Å². The molecular weight excluding hydrogens is 290 g/mol. The first-order valence-electron chi connectivity index (χ1n) is 7.16. The van der Waals surface area contributed by atoms with Gasteiger partial charge in [-0.1, -0.05) is 0 Å². The van der Waals surface area contributed by atoms with Crippen LogP contribution in [-0.4, -0.2) is 59.3 Å². The monoisotopic (exact) mass is 307 g/mol. The zero-order valence-corrected chi connectivity index (χ0v) is 11.7. The maximum atomic E-state index is 10.4. The van der Waals surface area contributed by atoms with E-state index in [0.29, 0.717) is 17.6 Å². The molecule has 5 N–H and O–H groups in total. The van der Waals surface area contributed by atoms with Gasteiger partial charge >= 0.3 is 0 Å². The number of aliphatic hydroxyl groups is 3. The molecule has 1 aliphatic heterocycles. The van der Waals surface area contributed by atoms with Crippen LogP contribution in [0.2, 0.25) is 0 Å². The fraction of sp³-hybridized carbons (Fsp3) is 0.615. The zero-order valence-electron chi connectivity index (χ0n) is 11.7. The van der Waals surface area contributed by atoms with Crippen molar-refractivity contribution in [3.05, 3.63) is 12.7 Å². The van der Waals surface area contributed by atoms with Crippen molar-refractivity contribution in [3.63, 3.8) is 0 Å². The summed E-state index contributed by atoms with van der Waals surface area (Å²) < 4.78 is 7.51. The second-order valence-corrected chi connectivity index (χ2v) is 5.90. The van der Waals surface area contributed by atoms with Crippen LogP contribution < -0.4 is 5.73 Å². The van der Waals surface area contributed by atoms with Crippen molar-refractivity contribution >= 4 is 17.0 Å². The molecule has 5 atom stereocenters. The van der Waals surface area contributed by atoms with E-state index < -0.39 is 24.0 Å². The van der Waals surface area contributed by atoms with Crippen molar-refractivity contribution in [1.29, 1.82) is 0 Å². The predicted molar refractivity (Wildman–Crippen MR) is 74.4 cm³/mol. The van der Waals surface area contributed by atoms with Gasteiger partial charge in [0.1, 0.15) is 29.7 Å². The van der Waals surface area contributed by atoms with Gasteiger partial charge in [0.25, 0.3) is 0 Å². The minimum atomic E-state index is -1.14. The van der Waals surface area contributed by atoms with Gasteiger partial charge in [-0.25, -0.2) is 15.0 Å². The molecule has 1 spiro atoms. The summed E-state index contributed by atoms with van der Waals surface area (Å²) in [5.74, 6) is 0.0556. The van der Waals surface area contributed by atoms with E-state index in [-0.39, 0.29) is 18.3 Å². The van der Waals surface area contributed by atoms with Gasteiger partial charge in [0.15, 0.2) is 17.7 Å². The normalized spacial score (nSPS) is 37.8. The number of fused-ring (bicyclic) bond motifs is 1.